The second kappa shape index (κ2) is 5.70. The van der Waals surface area contributed by atoms with Gasteiger partial charge in [0.2, 0.25) is 0 Å². The number of benzene rings is 1. The summed E-state index contributed by atoms with van der Waals surface area (Å²) in [7, 11) is 1.89. The second-order valence-corrected chi connectivity index (χ2v) is 3.34. The van der Waals surface area contributed by atoms with Crippen LogP contribution in [0.1, 0.15) is 18.4 Å². The summed E-state index contributed by atoms with van der Waals surface area (Å²) in [6, 6.07) is 3.68. The lowest BCUT2D eigenvalue weighted by molar-refractivity contribution is 0.577. The highest BCUT2D eigenvalue weighted by molar-refractivity contribution is 5.17. The van der Waals surface area contributed by atoms with E-state index in [1.165, 1.54) is 12.1 Å². The molecule has 0 amide bonds. The van der Waals surface area contributed by atoms with E-state index < -0.39 is 11.6 Å². The number of aryl methyl sites for hydroxylation is 1. The number of hydrogen-bond donors (Lipinski definition) is 1. The van der Waals surface area contributed by atoms with Gasteiger partial charge in [0.05, 0.1) is 0 Å². The maximum atomic E-state index is 12.8. The van der Waals surface area contributed by atoms with Crippen LogP contribution in [0.4, 0.5) is 8.78 Å². The van der Waals surface area contributed by atoms with Crippen molar-refractivity contribution in [2.75, 3.05) is 13.6 Å². The molecule has 0 spiro atoms. The van der Waals surface area contributed by atoms with Crippen molar-refractivity contribution in [1.82, 2.24) is 5.32 Å². The number of halogens is 2. The van der Waals surface area contributed by atoms with Crippen molar-refractivity contribution in [1.29, 1.82) is 0 Å². The van der Waals surface area contributed by atoms with Crippen LogP contribution in [0.2, 0.25) is 0 Å². The van der Waals surface area contributed by atoms with Crippen molar-refractivity contribution in [3.8, 4) is 0 Å². The van der Waals surface area contributed by atoms with Gasteiger partial charge in [-0.05, 0) is 50.6 Å². The molecule has 1 nitrogen and oxygen atoms in total. The lowest BCUT2D eigenvalue weighted by Crippen LogP contribution is -2.07. The average molecular weight is 199 g/mol. The first kappa shape index (κ1) is 11.1. The monoisotopic (exact) mass is 199 g/mol. The molecule has 0 saturated heterocycles. The van der Waals surface area contributed by atoms with Crippen LogP contribution in [0.15, 0.2) is 18.2 Å². The van der Waals surface area contributed by atoms with Gasteiger partial charge >= 0.3 is 0 Å². The van der Waals surface area contributed by atoms with Crippen LogP contribution in [0.5, 0.6) is 0 Å². The Morgan fingerprint density at radius 2 is 1.71 bits per heavy atom. The Kier molecular flexibility index (Phi) is 4.53. The minimum Gasteiger partial charge on any atom is -0.320 e. The van der Waals surface area contributed by atoms with Crippen LogP contribution in [-0.4, -0.2) is 13.6 Å². The van der Waals surface area contributed by atoms with Crippen molar-refractivity contribution in [3.05, 3.63) is 35.4 Å². The third kappa shape index (κ3) is 3.83. The van der Waals surface area contributed by atoms with E-state index in [9.17, 15) is 8.78 Å². The summed E-state index contributed by atoms with van der Waals surface area (Å²) < 4.78 is 25.5. The Morgan fingerprint density at radius 3 is 2.29 bits per heavy atom. The van der Waals surface area contributed by atoms with E-state index in [1.807, 2.05) is 7.05 Å². The molecule has 3 heteroatoms. The molecule has 1 N–H and O–H groups in total. The van der Waals surface area contributed by atoms with Gasteiger partial charge in [0.25, 0.3) is 0 Å². The Labute approximate surface area is 83.1 Å². The highest BCUT2D eigenvalue weighted by atomic mass is 19.1. The van der Waals surface area contributed by atoms with E-state index >= 15 is 0 Å². The largest absolute Gasteiger partial charge is 0.320 e. The first-order valence-electron chi connectivity index (χ1n) is 4.82. The van der Waals surface area contributed by atoms with Gasteiger partial charge in [0.15, 0.2) is 0 Å². The fourth-order valence-corrected chi connectivity index (χ4v) is 1.39. The standard InChI is InChI=1S/C11H15F2N/c1-14-5-3-2-4-9-6-10(12)8-11(13)7-9/h6-8,14H,2-5H2,1H3. The smallest absolute Gasteiger partial charge is 0.126 e. The van der Waals surface area contributed by atoms with E-state index in [0.717, 1.165) is 37.4 Å². The van der Waals surface area contributed by atoms with Crippen molar-refractivity contribution >= 4 is 0 Å². The second-order valence-electron chi connectivity index (χ2n) is 3.34. The summed E-state index contributed by atoms with van der Waals surface area (Å²) in [5.74, 6) is -0.984. The Bertz CT molecular complexity index is 266. The van der Waals surface area contributed by atoms with Crippen LogP contribution in [-0.2, 0) is 6.42 Å². The zero-order chi connectivity index (χ0) is 10.4. The molecule has 0 aliphatic rings. The number of unbranched alkanes of at least 4 members (excludes halogenated alkanes) is 1. The highest BCUT2D eigenvalue weighted by Gasteiger charge is 1.99. The van der Waals surface area contributed by atoms with Crippen molar-refractivity contribution in [3.63, 3.8) is 0 Å². The van der Waals surface area contributed by atoms with Gasteiger partial charge in [-0.2, -0.15) is 0 Å². The maximum absolute atomic E-state index is 12.8. The summed E-state index contributed by atoms with van der Waals surface area (Å²) in [5, 5.41) is 3.03. The third-order valence-corrected chi connectivity index (χ3v) is 2.06. The molecule has 1 aromatic carbocycles. The molecule has 0 unspecified atom stereocenters. The maximum Gasteiger partial charge on any atom is 0.126 e. The van der Waals surface area contributed by atoms with Gasteiger partial charge in [0, 0.05) is 6.07 Å². The highest BCUT2D eigenvalue weighted by Crippen LogP contribution is 2.10. The molecule has 0 atom stereocenters. The molecule has 0 bridgehead atoms. The minimum atomic E-state index is -0.492. The minimum absolute atomic E-state index is 0.492. The Balaban J connectivity index is 2.42. The van der Waals surface area contributed by atoms with Gasteiger partial charge in [-0.3, -0.25) is 0 Å². The predicted octanol–water partition coefficient (Wildman–Crippen LogP) is 2.51. The molecule has 0 fully saturated rings. The average Bonchev–Trinajstić information content (AvgIpc) is 2.11. The van der Waals surface area contributed by atoms with Crippen molar-refractivity contribution in [2.45, 2.75) is 19.3 Å². The molecule has 0 saturated carbocycles. The summed E-state index contributed by atoms with van der Waals surface area (Å²) in [6.07, 6.45) is 2.70. The summed E-state index contributed by atoms with van der Waals surface area (Å²) in [6.45, 7) is 0.942. The number of nitrogens with one attached hydrogen (secondary N) is 1. The molecular weight excluding hydrogens is 184 g/mol. The molecule has 78 valence electrons. The predicted molar refractivity (Wildman–Crippen MR) is 53.2 cm³/mol. The van der Waals surface area contributed by atoms with Gasteiger partial charge in [-0.15, -0.1) is 0 Å². The molecule has 0 aromatic heterocycles. The van der Waals surface area contributed by atoms with Crippen LogP contribution >= 0.6 is 0 Å². The Hall–Kier alpha value is -0.960. The fraction of sp³-hybridized carbons (Fsp3) is 0.455. The van der Waals surface area contributed by atoms with Crippen LogP contribution < -0.4 is 5.32 Å². The quantitative estimate of drug-likeness (QED) is 0.718. The molecule has 1 aromatic rings. The van der Waals surface area contributed by atoms with E-state index in [0.29, 0.717) is 0 Å². The van der Waals surface area contributed by atoms with Crippen LogP contribution in [0, 0.1) is 11.6 Å². The fourth-order valence-electron chi connectivity index (χ4n) is 1.39. The third-order valence-electron chi connectivity index (χ3n) is 2.06. The molecule has 0 aliphatic heterocycles. The van der Waals surface area contributed by atoms with E-state index in [2.05, 4.69) is 5.32 Å². The van der Waals surface area contributed by atoms with Gasteiger partial charge in [0.1, 0.15) is 11.6 Å². The molecular formula is C11H15F2N. The first-order chi connectivity index (χ1) is 6.72. The van der Waals surface area contributed by atoms with E-state index in [1.54, 1.807) is 0 Å². The SMILES string of the molecule is CNCCCCc1cc(F)cc(F)c1. The van der Waals surface area contributed by atoms with E-state index in [4.69, 9.17) is 0 Å². The molecule has 1 rings (SSSR count). The summed E-state index contributed by atoms with van der Waals surface area (Å²) in [5.41, 5.74) is 0.735. The van der Waals surface area contributed by atoms with Crippen LogP contribution in [0.25, 0.3) is 0 Å². The molecule has 0 heterocycles. The summed E-state index contributed by atoms with van der Waals surface area (Å²) >= 11 is 0. The normalized spacial score (nSPS) is 10.5. The van der Waals surface area contributed by atoms with E-state index in [-0.39, 0.29) is 0 Å². The molecule has 0 aliphatic carbocycles. The van der Waals surface area contributed by atoms with Gasteiger partial charge < -0.3 is 5.32 Å². The lowest BCUT2D eigenvalue weighted by atomic mass is 10.1. The zero-order valence-electron chi connectivity index (χ0n) is 8.32. The van der Waals surface area contributed by atoms with Crippen molar-refractivity contribution in [2.24, 2.45) is 0 Å². The topological polar surface area (TPSA) is 12.0 Å². The molecule has 14 heavy (non-hydrogen) atoms. The summed E-state index contributed by atoms with van der Waals surface area (Å²) in [4.78, 5) is 0. The van der Waals surface area contributed by atoms with Gasteiger partial charge in [-0.1, -0.05) is 0 Å². The Morgan fingerprint density at radius 1 is 1.07 bits per heavy atom. The first-order valence-corrected chi connectivity index (χ1v) is 4.82. The van der Waals surface area contributed by atoms with Crippen LogP contribution in [0.3, 0.4) is 0 Å². The van der Waals surface area contributed by atoms with Gasteiger partial charge in [-0.25, -0.2) is 8.78 Å². The number of rotatable bonds is 5. The molecule has 0 radical (unpaired) electrons. The lowest BCUT2D eigenvalue weighted by Gasteiger charge is -2.02. The number of hydrogen-bond acceptors (Lipinski definition) is 1. The zero-order valence-corrected chi connectivity index (χ0v) is 8.32. The van der Waals surface area contributed by atoms with Crippen molar-refractivity contribution < 1.29 is 8.78 Å².